The number of hydrogen-bond donors (Lipinski definition) is 0. The van der Waals surface area contributed by atoms with Gasteiger partial charge < -0.3 is 4.74 Å². The van der Waals surface area contributed by atoms with Crippen LogP contribution in [0.1, 0.15) is 17.3 Å². The Labute approximate surface area is 83.7 Å². The summed E-state index contributed by atoms with van der Waals surface area (Å²) >= 11 is 4.80. The number of ether oxygens (including phenoxy) is 1. The fourth-order valence-electron chi connectivity index (χ4n) is 0.753. The summed E-state index contributed by atoms with van der Waals surface area (Å²) in [6.45, 7) is 2.62. The number of rotatable bonds is 4. The highest BCUT2D eigenvalue weighted by molar-refractivity contribution is 9.10. The smallest absolute Gasteiger partial charge is 0.190 e. The summed E-state index contributed by atoms with van der Waals surface area (Å²) in [5.74, 6) is 0.0324. The van der Waals surface area contributed by atoms with Gasteiger partial charge in [0, 0.05) is 27.4 Å². The van der Waals surface area contributed by atoms with E-state index in [0.29, 0.717) is 12.2 Å². The average Bonchev–Trinajstić information content (AvgIpc) is 2.47. The molecule has 1 aromatic rings. The number of Topliss-reactive ketones (excluding diaryl/α,β-unsaturated/α-hetero) is 1. The van der Waals surface area contributed by atoms with Crippen molar-refractivity contribution in [3.8, 4) is 0 Å². The maximum absolute atomic E-state index is 11.3. The summed E-state index contributed by atoms with van der Waals surface area (Å²) in [4.78, 5) is 11.3. The Morgan fingerprint density at radius 2 is 2.42 bits per heavy atom. The molecule has 1 heterocycles. The van der Waals surface area contributed by atoms with Crippen molar-refractivity contribution in [2.24, 2.45) is 0 Å². The lowest BCUT2D eigenvalue weighted by molar-refractivity contribution is 0.0783. The van der Waals surface area contributed by atoms with E-state index in [-0.39, 0.29) is 12.4 Å². The van der Waals surface area contributed by atoms with E-state index in [4.69, 9.17) is 4.74 Å². The van der Waals surface area contributed by atoms with E-state index in [1.807, 2.05) is 17.7 Å². The van der Waals surface area contributed by atoms with Crippen molar-refractivity contribution in [1.82, 2.24) is 0 Å². The Balaban J connectivity index is 2.59. The van der Waals surface area contributed by atoms with Gasteiger partial charge in [-0.25, -0.2) is 0 Å². The van der Waals surface area contributed by atoms with Crippen molar-refractivity contribution in [3.05, 3.63) is 20.8 Å². The van der Waals surface area contributed by atoms with Gasteiger partial charge in [0.05, 0.1) is 0 Å². The van der Waals surface area contributed by atoms with Crippen LogP contribution in [0, 0.1) is 0 Å². The first-order valence-electron chi connectivity index (χ1n) is 3.58. The molecular weight excluding hydrogens is 240 g/mol. The highest BCUT2D eigenvalue weighted by atomic mass is 79.9. The van der Waals surface area contributed by atoms with Crippen molar-refractivity contribution in [1.29, 1.82) is 0 Å². The van der Waals surface area contributed by atoms with Gasteiger partial charge in [-0.1, -0.05) is 0 Å². The number of ketones is 1. The van der Waals surface area contributed by atoms with Crippen LogP contribution in [0.5, 0.6) is 0 Å². The van der Waals surface area contributed by atoms with Gasteiger partial charge in [0.2, 0.25) is 0 Å². The Morgan fingerprint density at radius 1 is 1.67 bits per heavy atom. The maximum Gasteiger partial charge on any atom is 0.190 e. The van der Waals surface area contributed by atoms with Crippen molar-refractivity contribution in [3.63, 3.8) is 0 Å². The molecule has 0 fully saturated rings. The van der Waals surface area contributed by atoms with Gasteiger partial charge in [0.25, 0.3) is 0 Å². The van der Waals surface area contributed by atoms with Crippen LogP contribution < -0.4 is 0 Å². The highest BCUT2D eigenvalue weighted by Gasteiger charge is 2.09. The fourth-order valence-corrected chi connectivity index (χ4v) is 2.27. The Kier molecular flexibility index (Phi) is 3.91. The van der Waals surface area contributed by atoms with Gasteiger partial charge in [0.1, 0.15) is 6.61 Å². The van der Waals surface area contributed by atoms with E-state index < -0.39 is 0 Å². The Morgan fingerprint density at radius 3 is 2.92 bits per heavy atom. The zero-order chi connectivity index (χ0) is 8.97. The molecule has 0 saturated heterocycles. The highest BCUT2D eigenvalue weighted by Crippen LogP contribution is 2.21. The number of halogens is 1. The van der Waals surface area contributed by atoms with Crippen LogP contribution in [-0.2, 0) is 4.74 Å². The second-order valence-electron chi connectivity index (χ2n) is 2.19. The zero-order valence-corrected chi connectivity index (χ0v) is 9.07. The zero-order valence-electron chi connectivity index (χ0n) is 6.67. The first kappa shape index (κ1) is 9.89. The molecule has 0 bridgehead atoms. The summed E-state index contributed by atoms with van der Waals surface area (Å²) in [6.07, 6.45) is 0. The summed E-state index contributed by atoms with van der Waals surface area (Å²) in [7, 11) is 0. The van der Waals surface area contributed by atoms with E-state index >= 15 is 0 Å². The lowest BCUT2D eigenvalue weighted by atomic mass is 10.2. The minimum absolute atomic E-state index is 0.0324. The van der Waals surface area contributed by atoms with Crippen LogP contribution in [0.3, 0.4) is 0 Å². The van der Waals surface area contributed by atoms with E-state index in [1.54, 1.807) is 0 Å². The van der Waals surface area contributed by atoms with Crippen LogP contribution >= 0.6 is 27.3 Å². The molecule has 0 saturated carbocycles. The molecular formula is C8H9BrO2S. The molecule has 66 valence electrons. The predicted octanol–water partition coefficient (Wildman–Crippen LogP) is 2.73. The van der Waals surface area contributed by atoms with Gasteiger partial charge >= 0.3 is 0 Å². The molecule has 0 aromatic carbocycles. The fraction of sp³-hybridized carbons (Fsp3) is 0.375. The normalized spacial score (nSPS) is 10.2. The van der Waals surface area contributed by atoms with Crippen LogP contribution in [0.25, 0.3) is 0 Å². The third-order valence-corrected chi connectivity index (χ3v) is 3.06. The minimum atomic E-state index is 0.0324. The van der Waals surface area contributed by atoms with Gasteiger partial charge in [-0.15, -0.1) is 0 Å². The molecule has 0 N–H and O–H groups in total. The van der Waals surface area contributed by atoms with Crippen LogP contribution in [0.4, 0.5) is 0 Å². The molecule has 4 heteroatoms. The molecule has 0 aliphatic rings. The van der Waals surface area contributed by atoms with Gasteiger partial charge in [-0.2, -0.15) is 11.3 Å². The third kappa shape index (κ3) is 2.40. The van der Waals surface area contributed by atoms with E-state index in [2.05, 4.69) is 15.9 Å². The quantitative estimate of drug-likeness (QED) is 0.767. The van der Waals surface area contributed by atoms with E-state index in [0.717, 1.165) is 4.47 Å². The van der Waals surface area contributed by atoms with Crippen LogP contribution in [0.15, 0.2) is 15.2 Å². The molecule has 0 amide bonds. The molecule has 12 heavy (non-hydrogen) atoms. The number of carbonyl (C=O) groups is 1. The topological polar surface area (TPSA) is 26.3 Å². The molecule has 0 spiro atoms. The standard InChI is InChI=1S/C8H9BrO2S/c1-2-11-3-8(10)6-4-12-5-7(6)9/h4-5H,2-3H2,1H3. The van der Waals surface area contributed by atoms with Gasteiger partial charge in [0.15, 0.2) is 5.78 Å². The number of thiophene rings is 1. The second kappa shape index (κ2) is 4.74. The number of hydrogen-bond acceptors (Lipinski definition) is 3. The van der Waals surface area contributed by atoms with Crippen molar-refractivity contribution in [2.75, 3.05) is 13.2 Å². The van der Waals surface area contributed by atoms with Crippen LogP contribution in [-0.4, -0.2) is 19.0 Å². The summed E-state index contributed by atoms with van der Waals surface area (Å²) < 4.78 is 5.87. The maximum atomic E-state index is 11.3. The largest absolute Gasteiger partial charge is 0.374 e. The van der Waals surface area contributed by atoms with E-state index in [1.165, 1.54) is 11.3 Å². The first-order chi connectivity index (χ1) is 5.75. The van der Waals surface area contributed by atoms with Crippen molar-refractivity contribution >= 4 is 33.0 Å². The molecule has 0 unspecified atom stereocenters. The SMILES string of the molecule is CCOCC(=O)c1cscc1Br. The third-order valence-electron chi connectivity index (χ3n) is 1.35. The summed E-state index contributed by atoms with van der Waals surface area (Å²) in [5, 5.41) is 3.71. The van der Waals surface area contributed by atoms with Crippen molar-refractivity contribution < 1.29 is 9.53 Å². The monoisotopic (exact) mass is 248 g/mol. The van der Waals surface area contributed by atoms with Crippen LogP contribution in [0.2, 0.25) is 0 Å². The first-order valence-corrected chi connectivity index (χ1v) is 5.32. The van der Waals surface area contributed by atoms with Gasteiger partial charge in [-0.3, -0.25) is 4.79 Å². The molecule has 0 aliphatic heterocycles. The van der Waals surface area contributed by atoms with Crippen molar-refractivity contribution in [2.45, 2.75) is 6.92 Å². The summed E-state index contributed by atoms with van der Waals surface area (Å²) in [5.41, 5.74) is 0.716. The summed E-state index contributed by atoms with van der Waals surface area (Å²) in [6, 6.07) is 0. The second-order valence-corrected chi connectivity index (χ2v) is 3.79. The molecule has 1 aromatic heterocycles. The molecule has 1 rings (SSSR count). The molecule has 0 atom stereocenters. The lowest BCUT2D eigenvalue weighted by Crippen LogP contribution is -2.08. The average molecular weight is 249 g/mol. The minimum Gasteiger partial charge on any atom is -0.374 e. The Hall–Kier alpha value is -0.190. The number of carbonyl (C=O) groups excluding carboxylic acids is 1. The predicted molar refractivity (Wildman–Crippen MR) is 52.8 cm³/mol. The van der Waals surface area contributed by atoms with E-state index in [9.17, 15) is 4.79 Å². The lowest BCUT2D eigenvalue weighted by Gasteiger charge is -1.98. The van der Waals surface area contributed by atoms with Gasteiger partial charge in [-0.05, 0) is 22.9 Å². The molecule has 2 nitrogen and oxygen atoms in total. The molecule has 0 radical (unpaired) electrons. The Bertz CT molecular complexity index is 270. The molecule has 0 aliphatic carbocycles.